The summed E-state index contributed by atoms with van der Waals surface area (Å²) < 4.78 is 0. The molecular formula is C10H22N4O2. The molecule has 0 radical (unpaired) electrons. The van der Waals surface area contributed by atoms with E-state index < -0.39 is 18.0 Å². The van der Waals surface area contributed by atoms with Gasteiger partial charge in [-0.05, 0) is 12.8 Å². The van der Waals surface area contributed by atoms with Gasteiger partial charge in [0, 0.05) is 13.1 Å². The van der Waals surface area contributed by atoms with Gasteiger partial charge in [-0.25, -0.2) is 0 Å². The summed E-state index contributed by atoms with van der Waals surface area (Å²) in [5.41, 5.74) is 16.3. The number of hydrogen-bond donors (Lipinski definition) is 3. The number of rotatable bonds is 6. The summed E-state index contributed by atoms with van der Waals surface area (Å²) in [6.45, 7) is 5.82. The van der Waals surface area contributed by atoms with Gasteiger partial charge < -0.3 is 22.1 Å². The molecule has 6 nitrogen and oxygen atoms in total. The van der Waals surface area contributed by atoms with E-state index >= 15 is 0 Å². The van der Waals surface area contributed by atoms with Crippen molar-refractivity contribution in [1.82, 2.24) is 4.90 Å². The molecule has 0 saturated heterocycles. The van der Waals surface area contributed by atoms with Crippen LogP contribution in [-0.2, 0) is 9.59 Å². The van der Waals surface area contributed by atoms with E-state index in [1.165, 1.54) is 4.90 Å². The molecule has 0 aliphatic heterocycles. The first kappa shape index (κ1) is 14.9. The lowest BCUT2D eigenvalue weighted by Gasteiger charge is -2.30. The molecule has 0 fully saturated rings. The fraction of sp³-hybridized carbons (Fsp3) is 0.800. The number of hydrogen-bond acceptors (Lipinski definition) is 4. The van der Waals surface area contributed by atoms with Crippen molar-refractivity contribution in [3.05, 3.63) is 0 Å². The van der Waals surface area contributed by atoms with E-state index in [0.717, 1.165) is 0 Å². The van der Waals surface area contributed by atoms with Crippen LogP contribution in [0, 0.1) is 5.92 Å². The summed E-state index contributed by atoms with van der Waals surface area (Å²) in [7, 11) is 0. The van der Waals surface area contributed by atoms with E-state index in [0.29, 0.717) is 0 Å². The van der Waals surface area contributed by atoms with E-state index in [1.54, 1.807) is 6.92 Å². The Hall–Kier alpha value is -1.14. The van der Waals surface area contributed by atoms with Crippen LogP contribution in [0.25, 0.3) is 0 Å². The molecule has 0 heterocycles. The number of nitrogens with two attached hydrogens (primary N) is 3. The first-order valence-electron chi connectivity index (χ1n) is 5.38. The summed E-state index contributed by atoms with van der Waals surface area (Å²) >= 11 is 0. The first-order valence-corrected chi connectivity index (χ1v) is 5.38. The monoisotopic (exact) mass is 230 g/mol. The molecule has 0 unspecified atom stereocenters. The van der Waals surface area contributed by atoms with Crippen LogP contribution < -0.4 is 17.2 Å². The van der Waals surface area contributed by atoms with Crippen molar-refractivity contribution < 1.29 is 9.59 Å². The van der Waals surface area contributed by atoms with Crippen molar-refractivity contribution in [2.24, 2.45) is 23.1 Å². The summed E-state index contributed by atoms with van der Waals surface area (Å²) in [5.74, 6) is -0.836. The Kier molecular flexibility index (Phi) is 5.98. The van der Waals surface area contributed by atoms with Crippen molar-refractivity contribution in [2.45, 2.75) is 32.9 Å². The lowest BCUT2D eigenvalue weighted by Crippen LogP contribution is -2.54. The van der Waals surface area contributed by atoms with Gasteiger partial charge >= 0.3 is 0 Å². The zero-order valence-corrected chi connectivity index (χ0v) is 10.1. The normalized spacial score (nSPS) is 14.6. The van der Waals surface area contributed by atoms with Crippen LogP contribution in [0.3, 0.4) is 0 Å². The molecule has 0 bridgehead atoms. The molecule has 0 saturated carbocycles. The quantitative estimate of drug-likeness (QED) is 0.522. The third-order valence-electron chi connectivity index (χ3n) is 2.54. The number of amides is 2. The maximum Gasteiger partial charge on any atom is 0.240 e. The standard InChI is InChI=1S/C10H22N4O2/c1-6(2)8(12)10(16)14(5-4-11)7(3)9(13)15/h6-8H,4-5,11-12H2,1-3H3,(H2,13,15)/t7-,8-/m0/s1. The number of carbonyl (C=O) groups is 2. The van der Waals surface area contributed by atoms with Crippen LogP contribution in [0.2, 0.25) is 0 Å². The topological polar surface area (TPSA) is 115 Å². The zero-order valence-electron chi connectivity index (χ0n) is 10.1. The molecule has 6 N–H and O–H groups in total. The Bertz CT molecular complexity index is 255. The average molecular weight is 230 g/mol. The molecule has 0 spiro atoms. The van der Waals surface area contributed by atoms with E-state index in [2.05, 4.69) is 0 Å². The number of nitrogens with zero attached hydrogens (tertiary/aromatic N) is 1. The highest BCUT2D eigenvalue weighted by atomic mass is 16.2. The van der Waals surface area contributed by atoms with Crippen molar-refractivity contribution >= 4 is 11.8 Å². The molecule has 2 amide bonds. The van der Waals surface area contributed by atoms with E-state index in [4.69, 9.17) is 17.2 Å². The maximum atomic E-state index is 12.0. The summed E-state index contributed by atoms with van der Waals surface area (Å²) in [5, 5.41) is 0. The second kappa shape index (κ2) is 6.44. The predicted octanol–water partition coefficient (Wildman–Crippen LogP) is -1.37. The lowest BCUT2D eigenvalue weighted by molar-refractivity contribution is -0.140. The van der Waals surface area contributed by atoms with Gasteiger partial charge in [-0.2, -0.15) is 0 Å². The predicted molar refractivity (Wildman–Crippen MR) is 62.2 cm³/mol. The summed E-state index contributed by atoms with van der Waals surface area (Å²) in [6, 6.07) is -1.31. The van der Waals surface area contributed by atoms with Gasteiger partial charge in [-0.1, -0.05) is 13.8 Å². The van der Waals surface area contributed by atoms with Crippen molar-refractivity contribution in [2.75, 3.05) is 13.1 Å². The molecule has 0 aliphatic rings. The number of primary amides is 1. The Morgan fingerprint density at radius 3 is 2.06 bits per heavy atom. The van der Waals surface area contributed by atoms with E-state index in [9.17, 15) is 9.59 Å². The van der Waals surface area contributed by atoms with E-state index in [-0.39, 0.29) is 24.9 Å². The van der Waals surface area contributed by atoms with E-state index in [1.807, 2.05) is 13.8 Å². The lowest BCUT2D eigenvalue weighted by atomic mass is 10.0. The minimum absolute atomic E-state index is 0.00727. The molecule has 0 aliphatic carbocycles. The van der Waals surface area contributed by atoms with Crippen molar-refractivity contribution in [1.29, 1.82) is 0 Å². The van der Waals surface area contributed by atoms with Crippen LogP contribution in [0.5, 0.6) is 0 Å². The molecule has 0 aromatic carbocycles. The SMILES string of the molecule is CC(C)[C@H](N)C(=O)N(CCN)[C@@H](C)C(N)=O. The molecule has 16 heavy (non-hydrogen) atoms. The van der Waals surface area contributed by atoms with Crippen LogP contribution in [-0.4, -0.2) is 41.9 Å². The highest BCUT2D eigenvalue weighted by Gasteiger charge is 2.28. The van der Waals surface area contributed by atoms with Gasteiger partial charge in [0.05, 0.1) is 6.04 Å². The van der Waals surface area contributed by atoms with Crippen LogP contribution in [0.4, 0.5) is 0 Å². The molecule has 0 rings (SSSR count). The molecule has 0 aromatic rings. The van der Waals surface area contributed by atoms with Gasteiger partial charge in [-0.15, -0.1) is 0 Å². The second-order valence-electron chi connectivity index (χ2n) is 4.17. The summed E-state index contributed by atoms with van der Waals surface area (Å²) in [4.78, 5) is 24.4. The maximum absolute atomic E-state index is 12.0. The highest BCUT2D eigenvalue weighted by Crippen LogP contribution is 2.06. The molecule has 6 heteroatoms. The Balaban J connectivity index is 4.77. The smallest absolute Gasteiger partial charge is 0.240 e. The zero-order chi connectivity index (χ0) is 12.9. The first-order chi connectivity index (χ1) is 7.32. The van der Waals surface area contributed by atoms with Crippen molar-refractivity contribution in [3.63, 3.8) is 0 Å². The second-order valence-corrected chi connectivity index (χ2v) is 4.17. The van der Waals surface area contributed by atoms with Gasteiger partial charge in [-0.3, -0.25) is 9.59 Å². The molecule has 2 atom stereocenters. The Morgan fingerprint density at radius 2 is 1.75 bits per heavy atom. The van der Waals surface area contributed by atoms with Gasteiger partial charge in [0.1, 0.15) is 6.04 Å². The van der Waals surface area contributed by atoms with Crippen LogP contribution in [0.15, 0.2) is 0 Å². The summed E-state index contributed by atoms with van der Waals surface area (Å²) in [6.07, 6.45) is 0. The van der Waals surface area contributed by atoms with Crippen LogP contribution in [0.1, 0.15) is 20.8 Å². The molecule has 94 valence electrons. The van der Waals surface area contributed by atoms with Crippen LogP contribution >= 0.6 is 0 Å². The largest absolute Gasteiger partial charge is 0.368 e. The molecule has 0 aromatic heterocycles. The fourth-order valence-corrected chi connectivity index (χ4v) is 1.26. The van der Waals surface area contributed by atoms with Gasteiger partial charge in [0.15, 0.2) is 0 Å². The Labute approximate surface area is 96.1 Å². The third kappa shape index (κ3) is 3.79. The third-order valence-corrected chi connectivity index (χ3v) is 2.54. The fourth-order valence-electron chi connectivity index (χ4n) is 1.26. The van der Waals surface area contributed by atoms with Gasteiger partial charge in [0.25, 0.3) is 0 Å². The number of carbonyl (C=O) groups excluding carboxylic acids is 2. The van der Waals surface area contributed by atoms with Gasteiger partial charge in [0.2, 0.25) is 11.8 Å². The minimum Gasteiger partial charge on any atom is -0.368 e. The molecular weight excluding hydrogens is 208 g/mol. The van der Waals surface area contributed by atoms with Crippen molar-refractivity contribution in [3.8, 4) is 0 Å². The highest BCUT2D eigenvalue weighted by molar-refractivity contribution is 5.88. The average Bonchev–Trinajstić information content (AvgIpc) is 2.22. The minimum atomic E-state index is -0.680. The Morgan fingerprint density at radius 1 is 1.25 bits per heavy atom.